The summed E-state index contributed by atoms with van der Waals surface area (Å²) in [4.78, 5) is 4.23. The highest BCUT2D eigenvalue weighted by molar-refractivity contribution is 5.61. The fourth-order valence-electron chi connectivity index (χ4n) is 1.32. The van der Waals surface area contributed by atoms with Crippen LogP contribution in [0.1, 0.15) is 0 Å². The normalized spacial score (nSPS) is 9.81. The molecule has 0 aliphatic carbocycles. The van der Waals surface area contributed by atoms with Crippen molar-refractivity contribution in [2.24, 2.45) is 0 Å². The van der Waals surface area contributed by atoms with Crippen molar-refractivity contribution in [3.8, 4) is 11.6 Å². The zero-order valence-electron chi connectivity index (χ0n) is 8.97. The van der Waals surface area contributed by atoms with Gasteiger partial charge in [-0.2, -0.15) is 4.98 Å². The summed E-state index contributed by atoms with van der Waals surface area (Å²) in [6, 6.07) is 13.0. The summed E-state index contributed by atoms with van der Waals surface area (Å²) in [5.74, 6) is 1.89. The first kappa shape index (κ1) is 10.3. The van der Waals surface area contributed by atoms with Crippen molar-refractivity contribution in [1.29, 1.82) is 0 Å². The lowest BCUT2D eigenvalue weighted by atomic mass is 10.3. The first-order chi connectivity index (χ1) is 7.79. The SMILES string of the molecule is CNc1nc(Oc2ccccc2)ccc1N. The van der Waals surface area contributed by atoms with Gasteiger partial charge < -0.3 is 15.8 Å². The molecular formula is C12H13N3O. The Kier molecular flexibility index (Phi) is 2.91. The molecule has 4 heteroatoms. The van der Waals surface area contributed by atoms with Crippen LogP contribution in [0.3, 0.4) is 0 Å². The minimum atomic E-state index is 0.518. The van der Waals surface area contributed by atoms with Crippen LogP contribution in [0.15, 0.2) is 42.5 Å². The number of aromatic nitrogens is 1. The first-order valence-corrected chi connectivity index (χ1v) is 4.97. The van der Waals surface area contributed by atoms with Crippen LogP contribution in [0, 0.1) is 0 Å². The Morgan fingerprint density at radius 1 is 1.12 bits per heavy atom. The summed E-state index contributed by atoms with van der Waals surface area (Å²) >= 11 is 0. The van der Waals surface area contributed by atoms with E-state index in [-0.39, 0.29) is 0 Å². The van der Waals surface area contributed by atoms with E-state index < -0.39 is 0 Å². The van der Waals surface area contributed by atoms with Gasteiger partial charge in [0.15, 0.2) is 5.82 Å². The van der Waals surface area contributed by atoms with E-state index in [9.17, 15) is 0 Å². The number of benzene rings is 1. The number of para-hydroxylation sites is 1. The molecule has 4 nitrogen and oxygen atoms in total. The number of ether oxygens (including phenoxy) is 1. The summed E-state index contributed by atoms with van der Waals surface area (Å²) in [6.07, 6.45) is 0. The van der Waals surface area contributed by atoms with Gasteiger partial charge in [0.2, 0.25) is 5.88 Å². The molecule has 1 heterocycles. The third-order valence-corrected chi connectivity index (χ3v) is 2.10. The molecule has 0 aliphatic rings. The second-order valence-corrected chi connectivity index (χ2v) is 3.25. The van der Waals surface area contributed by atoms with Crippen molar-refractivity contribution in [2.45, 2.75) is 0 Å². The molecule has 0 fully saturated rings. The van der Waals surface area contributed by atoms with Gasteiger partial charge >= 0.3 is 0 Å². The standard InChI is InChI=1S/C12H13N3O/c1-14-12-10(13)7-8-11(15-12)16-9-5-3-2-4-6-9/h2-8H,13H2,1H3,(H,14,15). The van der Waals surface area contributed by atoms with Gasteiger partial charge in [-0.15, -0.1) is 0 Å². The molecule has 0 bridgehead atoms. The largest absolute Gasteiger partial charge is 0.439 e. The zero-order valence-corrected chi connectivity index (χ0v) is 8.97. The molecule has 0 aliphatic heterocycles. The smallest absolute Gasteiger partial charge is 0.221 e. The number of nitrogens with one attached hydrogen (secondary N) is 1. The Labute approximate surface area is 94.1 Å². The van der Waals surface area contributed by atoms with E-state index in [0.717, 1.165) is 5.75 Å². The van der Waals surface area contributed by atoms with Gasteiger partial charge in [0.05, 0.1) is 5.69 Å². The van der Waals surface area contributed by atoms with Gasteiger partial charge in [0.25, 0.3) is 0 Å². The van der Waals surface area contributed by atoms with Gasteiger partial charge in [0.1, 0.15) is 5.75 Å². The molecule has 2 rings (SSSR count). The first-order valence-electron chi connectivity index (χ1n) is 4.97. The van der Waals surface area contributed by atoms with Crippen LogP contribution in [0.5, 0.6) is 11.6 Å². The van der Waals surface area contributed by atoms with Crippen LogP contribution in [-0.4, -0.2) is 12.0 Å². The fraction of sp³-hybridized carbons (Fsp3) is 0.0833. The highest BCUT2D eigenvalue weighted by Gasteiger charge is 2.02. The molecule has 1 aromatic carbocycles. The Balaban J connectivity index is 2.22. The number of rotatable bonds is 3. The van der Waals surface area contributed by atoms with E-state index >= 15 is 0 Å². The lowest BCUT2D eigenvalue weighted by molar-refractivity contribution is 0.464. The maximum Gasteiger partial charge on any atom is 0.221 e. The van der Waals surface area contributed by atoms with E-state index in [1.807, 2.05) is 30.3 Å². The lowest BCUT2D eigenvalue weighted by Crippen LogP contribution is -1.99. The predicted molar refractivity (Wildman–Crippen MR) is 64.7 cm³/mol. The molecular weight excluding hydrogens is 202 g/mol. The molecule has 16 heavy (non-hydrogen) atoms. The second-order valence-electron chi connectivity index (χ2n) is 3.25. The number of anilines is 2. The molecule has 0 saturated heterocycles. The lowest BCUT2D eigenvalue weighted by Gasteiger charge is -2.08. The summed E-state index contributed by atoms with van der Waals surface area (Å²) in [5.41, 5.74) is 6.31. The predicted octanol–water partition coefficient (Wildman–Crippen LogP) is 2.50. The van der Waals surface area contributed by atoms with Gasteiger partial charge in [-0.05, 0) is 18.2 Å². The van der Waals surface area contributed by atoms with Gasteiger partial charge in [-0.25, -0.2) is 0 Å². The summed E-state index contributed by atoms with van der Waals surface area (Å²) in [7, 11) is 1.77. The van der Waals surface area contributed by atoms with Crippen molar-refractivity contribution in [1.82, 2.24) is 4.98 Å². The number of nitrogens with two attached hydrogens (primary N) is 1. The summed E-state index contributed by atoms with van der Waals surface area (Å²) in [6.45, 7) is 0. The van der Waals surface area contributed by atoms with Crippen molar-refractivity contribution < 1.29 is 4.74 Å². The fourth-order valence-corrected chi connectivity index (χ4v) is 1.32. The molecule has 0 radical (unpaired) electrons. The molecule has 0 unspecified atom stereocenters. The Hall–Kier alpha value is -2.23. The van der Waals surface area contributed by atoms with E-state index in [1.54, 1.807) is 19.2 Å². The third kappa shape index (κ3) is 2.23. The van der Waals surface area contributed by atoms with E-state index in [1.165, 1.54) is 0 Å². The third-order valence-electron chi connectivity index (χ3n) is 2.10. The van der Waals surface area contributed by atoms with Crippen molar-refractivity contribution in [3.05, 3.63) is 42.5 Å². The van der Waals surface area contributed by atoms with Crippen LogP contribution < -0.4 is 15.8 Å². The molecule has 3 N–H and O–H groups in total. The topological polar surface area (TPSA) is 60.2 Å². The number of nitrogen functional groups attached to an aromatic ring is 1. The van der Waals surface area contributed by atoms with Crippen LogP contribution in [0.4, 0.5) is 11.5 Å². The average Bonchev–Trinajstić information content (AvgIpc) is 2.33. The number of pyridine rings is 1. The zero-order chi connectivity index (χ0) is 11.4. The molecule has 1 aromatic heterocycles. The minimum Gasteiger partial charge on any atom is -0.439 e. The van der Waals surface area contributed by atoms with E-state index in [2.05, 4.69) is 10.3 Å². The number of hydrogen-bond donors (Lipinski definition) is 2. The summed E-state index contributed by atoms with van der Waals surface area (Å²) < 4.78 is 5.57. The van der Waals surface area contributed by atoms with Crippen LogP contribution in [0.25, 0.3) is 0 Å². The molecule has 0 amide bonds. The number of nitrogens with zero attached hydrogens (tertiary/aromatic N) is 1. The maximum absolute atomic E-state index is 5.71. The molecule has 0 spiro atoms. The van der Waals surface area contributed by atoms with Crippen LogP contribution in [0.2, 0.25) is 0 Å². The van der Waals surface area contributed by atoms with Crippen LogP contribution in [-0.2, 0) is 0 Å². The monoisotopic (exact) mass is 215 g/mol. The molecule has 82 valence electrons. The highest BCUT2D eigenvalue weighted by Crippen LogP contribution is 2.23. The Morgan fingerprint density at radius 3 is 2.56 bits per heavy atom. The quantitative estimate of drug-likeness (QED) is 0.825. The second kappa shape index (κ2) is 4.53. The molecule has 0 atom stereocenters. The molecule has 2 aromatic rings. The van der Waals surface area contributed by atoms with Gasteiger partial charge in [0, 0.05) is 13.1 Å². The Morgan fingerprint density at radius 2 is 1.88 bits per heavy atom. The van der Waals surface area contributed by atoms with Gasteiger partial charge in [-0.1, -0.05) is 18.2 Å². The van der Waals surface area contributed by atoms with Crippen molar-refractivity contribution in [2.75, 3.05) is 18.1 Å². The van der Waals surface area contributed by atoms with Gasteiger partial charge in [-0.3, -0.25) is 0 Å². The number of hydrogen-bond acceptors (Lipinski definition) is 4. The van der Waals surface area contributed by atoms with Crippen LogP contribution >= 0.6 is 0 Å². The van der Waals surface area contributed by atoms with Crippen molar-refractivity contribution in [3.63, 3.8) is 0 Å². The van der Waals surface area contributed by atoms with E-state index in [4.69, 9.17) is 10.5 Å². The minimum absolute atomic E-state index is 0.518. The highest BCUT2D eigenvalue weighted by atomic mass is 16.5. The Bertz CT molecular complexity index is 471. The van der Waals surface area contributed by atoms with Crippen molar-refractivity contribution >= 4 is 11.5 Å². The van der Waals surface area contributed by atoms with E-state index in [0.29, 0.717) is 17.4 Å². The molecule has 0 saturated carbocycles. The maximum atomic E-state index is 5.71. The average molecular weight is 215 g/mol. The summed E-state index contributed by atoms with van der Waals surface area (Å²) in [5, 5.41) is 2.91.